The zero-order valence-corrected chi connectivity index (χ0v) is 13.6. The summed E-state index contributed by atoms with van der Waals surface area (Å²) in [7, 11) is 0. The van der Waals surface area contributed by atoms with Gasteiger partial charge in [-0.25, -0.2) is 9.37 Å². The van der Waals surface area contributed by atoms with Crippen molar-refractivity contribution in [3.63, 3.8) is 0 Å². The van der Waals surface area contributed by atoms with E-state index in [4.69, 9.17) is 11.6 Å². The Balaban J connectivity index is 1.96. The number of nitriles is 1. The molecule has 3 heterocycles. The van der Waals surface area contributed by atoms with Gasteiger partial charge in [0.15, 0.2) is 0 Å². The molecule has 0 radical (unpaired) electrons. The van der Waals surface area contributed by atoms with E-state index in [1.165, 1.54) is 18.3 Å². The van der Waals surface area contributed by atoms with E-state index in [1.54, 1.807) is 35.0 Å². The Kier molecular flexibility index (Phi) is 3.68. The number of nitrogens with zero attached hydrogens (tertiary/aromatic N) is 4. The summed E-state index contributed by atoms with van der Waals surface area (Å²) in [5.41, 5.74) is 3.44. The number of rotatable bonds is 2. The number of hydrogen-bond donors (Lipinski definition) is 0. The molecule has 4 nitrogen and oxygen atoms in total. The summed E-state index contributed by atoms with van der Waals surface area (Å²) in [6, 6.07) is 13.8. The molecule has 120 valence electrons. The molecule has 0 aliphatic carbocycles. The van der Waals surface area contributed by atoms with E-state index >= 15 is 0 Å². The SMILES string of the molecule is N#Cc1cnc2ccc(-c3cccnc3-c3cc(Cl)ccc3F)cn12. The van der Waals surface area contributed by atoms with Crippen molar-refractivity contribution in [2.75, 3.05) is 0 Å². The van der Waals surface area contributed by atoms with Gasteiger partial charge in [0.1, 0.15) is 23.2 Å². The molecule has 0 fully saturated rings. The van der Waals surface area contributed by atoms with Crippen LogP contribution in [-0.4, -0.2) is 14.4 Å². The molecular formula is C19H10ClFN4. The third kappa shape index (κ3) is 2.63. The van der Waals surface area contributed by atoms with Crippen molar-refractivity contribution in [1.29, 1.82) is 5.26 Å². The van der Waals surface area contributed by atoms with Crippen LogP contribution in [0.1, 0.15) is 5.69 Å². The number of fused-ring (bicyclic) bond motifs is 1. The highest BCUT2D eigenvalue weighted by Gasteiger charge is 2.14. The van der Waals surface area contributed by atoms with Gasteiger partial charge in [-0.05, 0) is 36.4 Å². The molecule has 0 atom stereocenters. The van der Waals surface area contributed by atoms with Crippen molar-refractivity contribution in [3.05, 3.63) is 77.6 Å². The first kappa shape index (κ1) is 15.3. The van der Waals surface area contributed by atoms with Crippen LogP contribution in [0.3, 0.4) is 0 Å². The normalized spacial score (nSPS) is 10.8. The van der Waals surface area contributed by atoms with E-state index < -0.39 is 5.82 Å². The first-order valence-corrected chi connectivity index (χ1v) is 7.83. The van der Waals surface area contributed by atoms with Gasteiger partial charge in [0.2, 0.25) is 0 Å². The summed E-state index contributed by atoms with van der Waals surface area (Å²) in [5, 5.41) is 9.63. The van der Waals surface area contributed by atoms with Crippen LogP contribution in [0.4, 0.5) is 4.39 Å². The summed E-state index contributed by atoms with van der Waals surface area (Å²) in [5.74, 6) is -0.397. The van der Waals surface area contributed by atoms with E-state index in [0.29, 0.717) is 27.6 Å². The second-order valence-corrected chi connectivity index (χ2v) is 5.86. The number of halogens is 2. The Morgan fingerprint density at radius 1 is 1.08 bits per heavy atom. The van der Waals surface area contributed by atoms with Crippen molar-refractivity contribution in [3.8, 4) is 28.5 Å². The minimum absolute atomic E-state index is 0.328. The topological polar surface area (TPSA) is 54.0 Å². The predicted molar refractivity (Wildman–Crippen MR) is 93.5 cm³/mol. The summed E-state index contributed by atoms with van der Waals surface area (Å²) >= 11 is 6.03. The van der Waals surface area contributed by atoms with Crippen molar-refractivity contribution in [1.82, 2.24) is 14.4 Å². The molecule has 0 amide bonds. The van der Waals surface area contributed by atoms with Crippen LogP contribution in [-0.2, 0) is 0 Å². The molecule has 0 unspecified atom stereocenters. The van der Waals surface area contributed by atoms with Crippen LogP contribution in [0.2, 0.25) is 5.02 Å². The fourth-order valence-electron chi connectivity index (χ4n) is 2.75. The number of aromatic nitrogens is 3. The predicted octanol–water partition coefficient (Wildman–Crippen LogP) is 4.73. The molecule has 0 aliphatic heterocycles. The minimum atomic E-state index is -0.397. The van der Waals surface area contributed by atoms with Crippen LogP contribution >= 0.6 is 11.6 Å². The summed E-state index contributed by atoms with van der Waals surface area (Å²) in [4.78, 5) is 8.53. The third-order valence-electron chi connectivity index (χ3n) is 3.92. The number of hydrogen-bond acceptors (Lipinski definition) is 3. The van der Waals surface area contributed by atoms with Crippen LogP contribution in [0.5, 0.6) is 0 Å². The summed E-state index contributed by atoms with van der Waals surface area (Å²) < 4.78 is 16.0. The van der Waals surface area contributed by atoms with Gasteiger partial charge in [-0.1, -0.05) is 17.7 Å². The quantitative estimate of drug-likeness (QED) is 0.526. The molecule has 0 aliphatic rings. The van der Waals surface area contributed by atoms with E-state index in [-0.39, 0.29) is 0 Å². The highest BCUT2D eigenvalue weighted by atomic mass is 35.5. The zero-order chi connectivity index (χ0) is 17.4. The lowest BCUT2D eigenvalue weighted by Gasteiger charge is -2.10. The van der Waals surface area contributed by atoms with Crippen molar-refractivity contribution < 1.29 is 4.39 Å². The van der Waals surface area contributed by atoms with Gasteiger partial charge >= 0.3 is 0 Å². The average molecular weight is 349 g/mol. The molecule has 0 saturated carbocycles. The maximum Gasteiger partial charge on any atom is 0.144 e. The van der Waals surface area contributed by atoms with Gasteiger partial charge in [0.25, 0.3) is 0 Å². The van der Waals surface area contributed by atoms with E-state index in [2.05, 4.69) is 16.0 Å². The molecule has 4 rings (SSSR count). The Hall–Kier alpha value is -3.23. The third-order valence-corrected chi connectivity index (χ3v) is 4.16. The zero-order valence-electron chi connectivity index (χ0n) is 12.8. The molecule has 0 saturated heterocycles. The summed E-state index contributed by atoms with van der Waals surface area (Å²) in [6.07, 6.45) is 4.92. The van der Waals surface area contributed by atoms with Gasteiger partial charge in [0.05, 0.1) is 11.9 Å². The van der Waals surface area contributed by atoms with E-state index in [1.807, 2.05) is 12.1 Å². The molecule has 1 aromatic carbocycles. The van der Waals surface area contributed by atoms with Crippen LogP contribution in [0, 0.1) is 17.1 Å². The second-order valence-electron chi connectivity index (χ2n) is 5.42. The van der Waals surface area contributed by atoms with Crippen molar-refractivity contribution in [2.24, 2.45) is 0 Å². The van der Waals surface area contributed by atoms with Crippen molar-refractivity contribution in [2.45, 2.75) is 0 Å². The van der Waals surface area contributed by atoms with Gasteiger partial charge in [-0.3, -0.25) is 9.38 Å². The van der Waals surface area contributed by atoms with Gasteiger partial charge in [-0.2, -0.15) is 5.26 Å². The largest absolute Gasteiger partial charge is 0.291 e. The standard InChI is InChI=1S/C19H10ClFN4/c20-13-4-5-17(21)16(8-13)19-15(2-1-7-23-19)12-3-6-18-24-10-14(9-22)25(18)11-12/h1-8,10-11H. The molecule has 4 aromatic rings. The maximum absolute atomic E-state index is 14.3. The molecule has 0 spiro atoms. The number of benzene rings is 1. The highest BCUT2D eigenvalue weighted by molar-refractivity contribution is 6.30. The second kappa shape index (κ2) is 6.00. The smallest absolute Gasteiger partial charge is 0.144 e. The summed E-state index contributed by atoms with van der Waals surface area (Å²) in [6.45, 7) is 0. The first-order chi connectivity index (χ1) is 12.2. The molecule has 25 heavy (non-hydrogen) atoms. The Labute approximate surface area is 147 Å². The Morgan fingerprint density at radius 3 is 2.80 bits per heavy atom. The van der Waals surface area contributed by atoms with Gasteiger partial charge in [0, 0.05) is 34.1 Å². The average Bonchev–Trinajstić information content (AvgIpc) is 3.06. The fraction of sp³-hybridized carbons (Fsp3) is 0. The first-order valence-electron chi connectivity index (χ1n) is 7.45. The molecule has 6 heteroatoms. The lowest BCUT2D eigenvalue weighted by molar-refractivity contribution is 0.631. The molecular weight excluding hydrogens is 339 g/mol. The van der Waals surface area contributed by atoms with Gasteiger partial charge < -0.3 is 0 Å². The maximum atomic E-state index is 14.3. The Morgan fingerprint density at radius 2 is 1.96 bits per heavy atom. The Bertz CT molecular complexity index is 1140. The van der Waals surface area contributed by atoms with Crippen LogP contribution in [0.15, 0.2) is 61.1 Å². The molecule has 3 aromatic heterocycles. The van der Waals surface area contributed by atoms with Crippen LogP contribution in [0.25, 0.3) is 28.0 Å². The highest BCUT2D eigenvalue weighted by Crippen LogP contribution is 2.33. The van der Waals surface area contributed by atoms with Crippen LogP contribution < -0.4 is 0 Å². The molecule has 0 bridgehead atoms. The van der Waals surface area contributed by atoms with E-state index in [0.717, 1.165) is 11.1 Å². The number of imidazole rings is 1. The van der Waals surface area contributed by atoms with E-state index in [9.17, 15) is 9.65 Å². The number of pyridine rings is 2. The lowest BCUT2D eigenvalue weighted by Crippen LogP contribution is -1.94. The fourth-order valence-corrected chi connectivity index (χ4v) is 2.93. The lowest BCUT2D eigenvalue weighted by atomic mass is 10.0. The monoisotopic (exact) mass is 348 g/mol. The van der Waals surface area contributed by atoms with Crippen molar-refractivity contribution >= 4 is 17.2 Å². The minimum Gasteiger partial charge on any atom is -0.291 e. The molecule has 0 N–H and O–H groups in total. The van der Waals surface area contributed by atoms with Gasteiger partial charge in [-0.15, -0.1) is 0 Å².